The molecule has 0 amide bonds. The standard InChI is InChI=1S/C17H15FN2O/c18-8-2-10-20-13-6-4-11-12(5-7-15(11)21)16(13)17-14(20)3-1-9-19-17/h1,3-4,6,9H,2,5,7-8,10H2. The van der Waals surface area contributed by atoms with E-state index >= 15 is 0 Å². The molecule has 0 unspecified atom stereocenters. The lowest BCUT2D eigenvalue weighted by Gasteiger charge is -2.06. The Balaban J connectivity index is 2.10. The number of rotatable bonds is 3. The van der Waals surface area contributed by atoms with Gasteiger partial charge in [-0.05, 0) is 42.7 Å². The number of alkyl halides is 1. The summed E-state index contributed by atoms with van der Waals surface area (Å²) in [5, 5.41) is 1.08. The van der Waals surface area contributed by atoms with Crippen LogP contribution in [0.3, 0.4) is 0 Å². The highest BCUT2D eigenvalue weighted by Gasteiger charge is 2.24. The van der Waals surface area contributed by atoms with E-state index in [1.165, 1.54) is 0 Å². The lowest BCUT2D eigenvalue weighted by atomic mass is 10.0. The molecule has 1 aliphatic rings. The van der Waals surface area contributed by atoms with Crippen molar-refractivity contribution in [2.24, 2.45) is 0 Å². The molecule has 3 nitrogen and oxygen atoms in total. The maximum atomic E-state index is 12.6. The molecular weight excluding hydrogens is 267 g/mol. The third-order valence-electron chi connectivity index (χ3n) is 4.31. The highest BCUT2D eigenvalue weighted by Crippen LogP contribution is 2.36. The number of fused-ring (bicyclic) bond motifs is 5. The fourth-order valence-corrected chi connectivity index (χ4v) is 3.41. The van der Waals surface area contributed by atoms with E-state index in [1.54, 1.807) is 6.20 Å². The normalized spacial score (nSPS) is 14.2. The number of hydrogen-bond acceptors (Lipinski definition) is 2. The minimum atomic E-state index is -0.329. The summed E-state index contributed by atoms with van der Waals surface area (Å²) in [4.78, 5) is 16.5. The summed E-state index contributed by atoms with van der Waals surface area (Å²) in [6, 6.07) is 7.82. The summed E-state index contributed by atoms with van der Waals surface area (Å²) in [5.74, 6) is 0.215. The fourth-order valence-electron chi connectivity index (χ4n) is 3.41. The second kappa shape index (κ2) is 4.65. The molecule has 0 radical (unpaired) electrons. The van der Waals surface area contributed by atoms with Crippen LogP contribution in [-0.4, -0.2) is 22.0 Å². The van der Waals surface area contributed by atoms with Gasteiger partial charge in [-0.15, -0.1) is 0 Å². The van der Waals surface area contributed by atoms with Crippen LogP contribution in [0.25, 0.3) is 21.9 Å². The lowest BCUT2D eigenvalue weighted by molar-refractivity contribution is 0.0994. The van der Waals surface area contributed by atoms with Crippen molar-refractivity contribution in [3.05, 3.63) is 41.6 Å². The van der Waals surface area contributed by atoms with Gasteiger partial charge in [0.25, 0.3) is 0 Å². The molecule has 106 valence electrons. The van der Waals surface area contributed by atoms with Crippen LogP contribution in [0.15, 0.2) is 30.5 Å². The van der Waals surface area contributed by atoms with Crippen LogP contribution in [0.2, 0.25) is 0 Å². The Labute approximate surface area is 121 Å². The second-order valence-corrected chi connectivity index (χ2v) is 5.47. The van der Waals surface area contributed by atoms with Crippen molar-refractivity contribution in [1.82, 2.24) is 9.55 Å². The summed E-state index contributed by atoms with van der Waals surface area (Å²) in [6.07, 6.45) is 3.63. The van der Waals surface area contributed by atoms with Crippen LogP contribution in [0.4, 0.5) is 4.39 Å². The number of carbonyl (C=O) groups excluding carboxylic acids is 1. The molecule has 0 saturated heterocycles. The zero-order valence-electron chi connectivity index (χ0n) is 11.6. The molecular formula is C17H15FN2O. The molecule has 4 heteroatoms. The van der Waals surface area contributed by atoms with Gasteiger partial charge < -0.3 is 4.57 Å². The van der Waals surface area contributed by atoms with E-state index in [0.29, 0.717) is 19.4 Å². The number of nitrogens with zero attached hydrogens (tertiary/aromatic N) is 2. The number of benzene rings is 1. The molecule has 0 spiro atoms. The number of carbonyl (C=O) groups is 1. The minimum Gasteiger partial charge on any atom is -0.339 e. The van der Waals surface area contributed by atoms with Crippen molar-refractivity contribution in [1.29, 1.82) is 0 Å². The van der Waals surface area contributed by atoms with Gasteiger partial charge in [-0.2, -0.15) is 0 Å². The van der Waals surface area contributed by atoms with Gasteiger partial charge in [0.15, 0.2) is 5.78 Å². The van der Waals surface area contributed by atoms with Gasteiger partial charge >= 0.3 is 0 Å². The first kappa shape index (κ1) is 12.5. The van der Waals surface area contributed by atoms with E-state index in [4.69, 9.17) is 0 Å². The quantitative estimate of drug-likeness (QED) is 0.734. The Kier molecular flexibility index (Phi) is 2.77. The van der Waals surface area contributed by atoms with Gasteiger partial charge in [-0.3, -0.25) is 14.2 Å². The highest BCUT2D eigenvalue weighted by molar-refractivity contribution is 6.13. The molecule has 0 atom stereocenters. The van der Waals surface area contributed by atoms with E-state index in [1.807, 2.05) is 24.3 Å². The molecule has 0 aliphatic heterocycles. The zero-order chi connectivity index (χ0) is 14.4. The largest absolute Gasteiger partial charge is 0.339 e. The molecule has 1 aliphatic carbocycles. The Morgan fingerprint density at radius 3 is 2.95 bits per heavy atom. The molecule has 1 aromatic carbocycles. The van der Waals surface area contributed by atoms with E-state index in [-0.39, 0.29) is 12.5 Å². The smallest absolute Gasteiger partial charge is 0.163 e. The monoisotopic (exact) mass is 282 g/mol. The van der Waals surface area contributed by atoms with Crippen LogP contribution < -0.4 is 0 Å². The van der Waals surface area contributed by atoms with Crippen molar-refractivity contribution in [2.45, 2.75) is 25.8 Å². The maximum Gasteiger partial charge on any atom is 0.163 e. The average Bonchev–Trinajstić information content (AvgIpc) is 3.04. The van der Waals surface area contributed by atoms with E-state index < -0.39 is 0 Å². The Bertz CT molecular complexity index is 866. The number of halogens is 1. The average molecular weight is 282 g/mol. The van der Waals surface area contributed by atoms with Gasteiger partial charge in [-0.25, -0.2) is 0 Å². The zero-order valence-corrected chi connectivity index (χ0v) is 11.6. The van der Waals surface area contributed by atoms with Crippen molar-refractivity contribution >= 4 is 27.7 Å². The molecule has 4 rings (SSSR count). The van der Waals surface area contributed by atoms with Gasteiger partial charge in [0.1, 0.15) is 0 Å². The van der Waals surface area contributed by atoms with E-state index in [9.17, 15) is 9.18 Å². The molecule has 2 heterocycles. The first-order valence-corrected chi connectivity index (χ1v) is 7.29. The highest BCUT2D eigenvalue weighted by atomic mass is 19.1. The summed E-state index contributed by atoms with van der Waals surface area (Å²) in [6.45, 7) is 0.305. The summed E-state index contributed by atoms with van der Waals surface area (Å²) >= 11 is 0. The SMILES string of the molecule is O=C1CCc2c1ccc1c2c2ncccc2n1CCCF. The molecule has 2 aromatic heterocycles. The summed E-state index contributed by atoms with van der Waals surface area (Å²) < 4.78 is 14.7. The molecule has 21 heavy (non-hydrogen) atoms. The molecule has 0 fully saturated rings. The molecule has 0 N–H and O–H groups in total. The van der Waals surface area contributed by atoms with Crippen LogP contribution in [-0.2, 0) is 13.0 Å². The third-order valence-corrected chi connectivity index (χ3v) is 4.31. The van der Waals surface area contributed by atoms with Crippen molar-refractivity contribution in [3.63, 3.8) is 0 Å². The first-order chi connectivity index (χ1) is 10.3. The topological polar surface area (TPSA) is 34.9 Å². The number of aromatic nitrogens is 2. The van der Waals surface area contributed by atoms with Gasteiger partial charge in [0.05, 0.1) is 23.2 Å². The van der Waals surface area contributed by atoms with Gasteiger partial charge in [0, 0.05) is 30.1 Å². The Morgan fingerprint density at radius 1 is 1.19 bits per heavy atom. The van der Waals surface area contributed by atoms with Crippen LogP contribution >= 0.6 is 0 Å². The van der Waals surface area contributed by atoms with Crippen molar-refractivity contribution in [2.75, 3.05) is 6.67 Å². The van der Waals surface area contributed by atoms with Crippen LogP contribution in [0.5, 0.6) is 0 Å². The predicted molar refractivity (Wildman–Crippen MR) is 80.5 cm³/mol. The van der Waals surface area contributed by atoms with E-state index in [2.05, 4.69) is 9.55 Å². The summed E-state index contributed by atoms with van der Waals surface area (Å²) in [7, 11) is 0. The first-order valence-electron chi connectivity index (χ1n) is 7.29. The van der Waals surface area contributed by atoms with Crippen LogP contribution in [0, 0.1) is 0 Å². The minimum absolute atomic E-state index is 0.215. The van der Waals surface area contributed by atoms with Gasteiger partial charge in [0.2, 0.25) is 0 Å². The van der Waals surface area contributed by atoms with Gasteiger partial charge in [-0.1, -0.05) is 0 Å². The molecule has 0 bridgehead atoms. The predicted octanol–water partition coefficient (Wildman–Crippen LogP) is 3.68. The molecule has 3 aromatic rings. The lowest BCUT2D eigenvalue weighted by Crippen LogP contribution is -1.99. The van der Waals surface area contributed by atoms with Crippen LogP contribution in [0.1, 0.15) is 28.8 Å². The fraction of sp³-hybridized carbons (Fsp3) is 0.294. The Morgan fingerprint density at radius 2 is 2.10 bits per heavy atom. The van der Waals surface area contributed by atoms with Crippen molar-refractivity contribution in [3.8, 4) is 0 Å². The van der Waals surface area contributed by atoms with Crippen molar-refractivity contribution < 1.29 is 9.18 Å². The number of pyridine rings is 1. The van der Waals surface area contributed by atoms with E-state index in [0.717, 1.165) is 39.5 Å². The number of aryl methyl sites for hydroxylation is 2. The maximum absolute atomic E-state index is 12.6. The second-order valence-electron chi connectivity index (χ2n) is 5.47. The third kappa shape index (κ3) is 1.71. The summed E-state index contributed by atoms with van der Waals surface area (Å²) in [5.41, 5.74) is 4.95. The number of Topliss-reactive ketones (excluding diaryl/α,β-unsaturated/α-hetero) is 1. The Hall–Kier alpha value is -2.23. The molecule has 0 saturated carbocycles. The number of ketones is 1. The number of hydrogen-bond donors (Lipinski definition) is 0.